The molecule has 0 amide bonds. The number of benzene rings is 1. The van der Waals surface area contributed by atoms with E-state index in [1.54, 1.807) is 0 Å². The van der Waals surface area contributed by atoms with E-state index >= 15 is 0 Å². The van der Waals surface area contributed by atoms with Crippen molar-refractivity contribution in [1.82, 2.24) is 6.15 Å². The first-order valence-corrected chi connectivity index (χ1v) is 5.65. The van der Waals surface area contributed by atoms with E-state index in [9.17, 15) is 0 Å². The van der Waals surface area contributed by atoms with Crippen LogP contribution in [0.2, 0.25) is 0 Å². The first-order chi connectivity index (χ1) is 6.76. The molecule has 0 atom stereocenters. The Morgan fingerprint density at radius 1 is 0.882 bits per heavy atom. The van der Waals surface area contributed by atoms with Gasteiger partial charge in [-0.2, -0.15) is 0 Å². The SMILES string of the molecule is B.CC[N+](CC)(CC)Cc1ccccc1.N.[BH4-]. The molecule has 0 fully saturated rings. The van der Waals surface area contributed by atoms with E-state index in [2.05, 4.69) is 51.1 Å². The average Bonchev–Trinajstić information content (AvgIpc) is 2.28. The van der Waals surface area contributed by atoms with Crippen LogP contribution in [0.1, 0.15) is 26.3 Å². The minimum absolute atomic E-state index is 0. The highest BCUT2D eigenvalue weighted by atomic mass is 15.3. The Labute approximate surface area is 111 Å². The Balaban J connectivity index is -0.000000653. The zero-order valence-corrected chi connectivity index (χ0v) is 10.4. The predicted molar refractivity (Wildman–Crippen MR) is 88.3 cm³/mol. The Kier molecular flexibility index (Phi) is 13.2. The number of nitrogens with zero attached hydrogens (tertiary/aromatic N) is 1. The lowest BCUT2D eigenvalue weighted by molar-refractivity contribution is -0.936. The quantitative estimate of drug-likeness (QED) is 0.591. The summed E-state index contributed by atoms with van der Waals surface area (Å²) < 4.78 is 1.20. The smallest absolute Gasteiger partial charge is 0.104 e. The van der Waals surface area contributed by atoms with Crippen molar-refractivity contribution < 1.29 is 4.48 Å². The second-order valence-electron chi connectivity index (χ2n) is 3.93. The minimum Gasteiger partial charge on any atom is -0.344 e. The van der Waals surface area contributed by atoms with Gasteiger partial charge >= 0.3 is 0 Å². The molecule has 1 aromatic rings. The molecule has 0 unspecified atom stereocenters. The van der Waals surface area contributed by atoms with Gasteiger partial charge in [-0.05, 0) is 20.8 Å². The first kappa shape index (κ1) is 21.5. The first-order valence-electron chi connectivity index (χ1n) is 5.65. The van der Waals surface area contributed by atoms with Crippen LogP contribution in [0.25, 0.3) is 0 Å². The van der Waals surface area contributed by atoms with Crippen molar-refractivity contribution in [2.75, 3.05) is 19.6 Å². The maximum atomic E-state index is 2.29. The molecule has 0 aliphatic heterocycles. The van der Waals surface area contributed by atoms with Gasteiger partial charge in [0.25, 0.3) is 0 Å². The van der Waals surface area contributed by atoms with Gasteiger partial charge in [0.15, 0.2) is 0 Å². The van der Waals surface area contributed by atoms with Crippen LogP contribution in [0.4, 0.5) is 0 Å². The van der Waals surface area contributed by atoms with Crippen LogP contribution in [0.15, 0.2) is 30.3 Å². The summed E-state index contributed by atoms with van der Waals surface area (Å²) >= 11 is 0. The van der Waals surface area contributed by atoms with Crippen LogP contribution in [0, 0.1) is 0 Å². The lowest BCUT2D eigenvalue weighted by atomic mass is 10.2. The molecule has 0 saturated carbocycles. The average molecular weight is 238 g/mol. The second kappa shape index (κ2) is 10.4. The minimum atomic E-state index is 0. The molecule has 0 spiro atoms. The lowest BCUT2D eigenvalue weighted by Crippen LogP contribution is -2.46. The van der Waals surface area contributed by atoms with Crippen molar-refractivity contribution in [2.45, 2.75) is 27.3 Å². The van der Waals surface area contributed by atoms with Gasteiger partial charge < -0.3 is 10.6 Å². The predicted octanol–water partition coefficient (Wildman–Crippen LogP) is 0.590. The van der Waals surface area contributed by atoms with E-state index in [1.807, 2.05) is 0 Å². The maximum Gasteiger partial charge on any atom is 0.104 e. The highest BCUT2D eigenvalue weighted by molar-refractivity contribution is 5.76. The molecule has 4 heteroatoms. The van der Waals surface area contributed by atoms with Gasteiger partial charge in [-0.1, -0.05) is 38.7 Å². The van der Waals surface area contributed by atoms with E-state index in [1.165, 1.54) is 36.2 Å². The zero-order chi connectivity index (χ0) is 10.4. The summed E-state index contributed by atoms with van der Waals surface area (Å²) in [6.45, 7) is 11.7. The lowest BCUT2D eigenvalue weighted by Gasteiger charge is -2.35. The third-order valence-electron chi connectivity index (χ3n) is 3.37. The van der Waals surface area contributed by atoms with E-state index in [-0.39, 0.29) is 23.0 Å². The largest absolute Gasteiger partial charge is 0.344 e. The van der Waals surface area contributed by atoms with Crippen molar-refractivity contribution in [2.24, 2.45) is 0 Å². The summed E-state index contributed by atoms with van der Waals surface area (Å²) in [5.74, 6) is 0. The third kappa shape index (κ3) is 5.94. The molecule has 1 rings (SSSR count). The van der Waals surface area contributed by atoms with Gasteiger partial charge in [0.2, 0.25) is 0 Å². The number of hydrogen-bond donors (Lipinski definition) is 1. The van der Waals surface area contributed by atoms with Gasteiger partial charge in [-0.25, -0.2) is 0 Å². The van der Waals surface area contributed by atoms with Gasteiger partial charge in [-0.15, -0.1) is 0 Å². The normalized spacial score (nSPS) is 9.59. The molecule has 0 aliphatic rings. The Morgan fingerprint density at radius 2 is 1.29 bits per heavy atom. The standard InChI is InChI=1S/C13H22N.BH4.BH3.H3N/c1-4-14(5-2,6-3)12-13-10-8-7-9-11-13;;;/h7-11H,4-6,12H2,1-3H3;1H4;2*1H3/q+1;-1;;. The van der Waals surface area contributed by atoms with Crippen LogP contribution in [0.5, 0.6) is 0 Å². The van der Waals surface area contributed by atoms with Crippen molar-refractivity contribution in [3.05, 3.63) is 35.9 Å². The number of quaternary nitrogens is 1. The molecule has 0 radical (unpaired) electrons. The van der Waals surface area contributed by atoms with Crippen LogP contribution in [0.3, 0.4) is 0 Å². The van der Waals surface area contributed by atoms with E-state index in [0.717, 1.165) is 0 Å². The molecule has 0 saturated heterocycles. The highest BCUT2D eigenvalue weighted by Gasteiger charge is 2.20. The molecular weight excluding hydrogens is 206 g/mol. The Morgan fingerprint density at radius 3 is 1.65 bits per heavy atom. The van der Waals surface area contributed by atoms with Gasteiger partial charge in [0.1, 0.15) is 6.54 Å². The molecule has 3 N–H and O–H groups in total. The van der Waals surface area contributed by atoms with Crippen LogP contribution in [-0.4, -0.2) is 40.9 Å². The molecular formula is C13H32B2N2. The van der Waals surface area contributed by atoms with Crippen LogP contribution < -0.4 is 6.15 Å². The molecule has 17 heavy (non-hydrogen) atoms. The van der Waals surface area contributed by atoms with E-state index in [0.29, 0.717) is 0 Å². The van der Waals surface area contributed by atoms with Crippen molar-refractivity contribution in [1.29, 1.82) is 0 Å². The van der Waals surface area contributed by atoms with Crippen molar-refractivity contribution in [3.8, 4) is 0 Å². The fraction of sp³-hybridized carbons (Fsp3) is 0.538. The number of hydrogen-bond acceptors (Lipinski definition) is 1. The molecule has 1 aromatic carbocycles. The maximum absolute atomic E-state index is 2.29. The van der Waals surface area contributed by atoms with Gasteiger partial charge in [0.05, 0.1) is 28.0 Å². The molecule has 0 bridgehead atoms. The molecule has 0 heterocycles. The highest BCUT2D eigenvalue weighted by Crippen LogP contribution is 2.13. The monoisotopic (exact) mass is 238 g/mol. The summed E-state index contributed by atoms with van der Waals surface area (Å²) in [4.78, 5) is 0. The molecule has 100 valence electrons. The van der Waals surface area contributed by atoms with Crippen LogP contribution in [-0.2, 0) is 6.54 Å². The number of rotatable bonds is 5. The summed E-state index contributed by atoms with van der Waals surface area (Å²) in [5.41, 5.74) is 1.46. The Hall–Kier alpha value is -0.730. The zero-order valence-electron chi connectivity index (χ0n) is 10.4. The topological polar surface area (TPSA) is 35.0 Å². The third-order valence-corrected chi connectivity index (χ3v) is 3.37. The fourth-order valence-corrected chi connectivity index (χ4v) is 1.98. The molecule has 0 aromatic heterocycles. The second-order valence-corrected chi connectivity index (χ2v) is 3.93. The van der Waals surface area contributed by atoms with Gasteiger partial charge in [-0.3, -0.25) is 0 Å². The summed E-state index contributed by atoms with van der Waals surface area (Å²) in [5, 5.41) is 0. The Bertz CT molecular complexity index is 253. The van der Waals surface area contributed by atoms with E-state index in [4.69, 9.17) is 0 Å². The fourth-order valence-electron chi connectivity index (χ4n) is 1.98. The summed E-state index contributed by atoms with van der Waals surface area (Å²) in [6, 6.07) is 10.8. The van der Waals surface area contributed by atoms with Crippen molar-refractivity contribution >= 4 is 16.8 Å². The summed E-state index contributed by atoms with van der Waals surface area (Å²) in [7, 11) is 0. The summed E-state index contributed by atoms with van der Waals surface area (Å²) in [6.07, 6.45) is 0. The molecule has 2 nitrogen and oxygen atoms in total. The van der Waals surface area contributed by atoms with E-state index < -0.39 is 0 Å². The van der Waals surface area contributed by atoms with Gasteiger partial charge in [0, 0.05) is 5.56 Å². The van der Waals surface area contributed by atoms with Crippen molar-refractivity contribution in [3.63, 3.8) is 0 Å². The molecule has 0 aliphatic carbocycles. The van der Waals surface area contributed by atoms with Crippen LogP contribution >= 0.6 is 0 Å².